The van der Waals surface area contributed by atoms with Crippen LogP contribution in [0.25, 0.3) is 49.7 Å². The predicted octanol–water partition coefficient (Wildman–Crippen LogP) is 12.7. The lowest BCUT2D eigenvalue weighted by molar-refractivity contribution is 0.398. The van der Waals surface area contributed by atoms with Crippen molar-refractivity contribution < 1.29 is 9.47 Å². The minimum atomic E-state index is -0.661. The summed E-state index contributed by atoms with van der Waals surface area (Å²) in [5, 5.41) is 2.39. The Labute approximate surface area is 301 Å². The fourth-order valence-electron chi connectivity index (χ4n) is 8.70. The van der Waals surface area contributed by atoms with Gasteiger partial charge in [-0.25, -0.2) is 0 Å². The quantitative estimate of drug-likeness (QED) is 0.187. The van der Waals surface area contributed by atoms with Crippen molar-refractivity contribution in [2.75, 3.05) is 0 Å². The van der Waals surface area contributed by atoms with Crippen molar-refractivity contribution in [2.45, 2.75) is 5.41 Å². The van der Waals surface area contributed by atoms with Gasteiger partial charge in [-0.1, -0.05) is 140 Å². The van der Waals surface area contributed by atoms with Crippen LogP contribution >= 0.6 is 0 Å². The first-order valence-electron chi connectivity index (χ1n) is 17.8. The van der Waals surface area contributed by atoms with Gasteiger partial charge < -0.3 is 14.0 Å². The number of para-hydroxylation sites is 4. The summed E-state index contributed by atoms with van der Waals surface area (Å²) in [6, 6.07) is 67.0. The molecule has 8 aromatic carbocycles. The lowest BCUT2D eigenvalue weighted by atomic mass is 9.62. The molecule has 0 saturated heterocycles. The number of hydrogen-bond donors (Lipinski definition) is 0. The number of ether oxygens (including phenoxy) is 2. The van der Waals surface area contributed by atoms with Gasteiger partial charge in [-0.05, 0) is 70.8 Å². The molecule has 0 aliphatic carbocycles. The van der Waals surface area contributed by atoms with Gasteiger partial charge in [0.2, 0.25) is 0 Å². The number of hydrogen-bond acceptors (Lipinski definition) is 2. The van der Waals surface area contributed by atoms with Gasteiger partial charge in [-0.3, -0.25) is 0 Å². The van der Waals surface area contributed by atoms with Crippen molar-refractivity contribution in [3.8, 4) is 50.9 Å². The molecular formula is C49H31NO2. The molecule has 9 aromatic rings. The highest BCUT2D eigenvalue weighted by molar-refractivity contribution is 6.12. The van der Waals surface area contributed by atoms with Gasteiger partial charge in [-0.15, -0.1) is 0 Å². The molecule has 0 N–H and O–H groups in total. The maximum absolute atomic E-state index is 7.11. The molecule has 2 aliphatic heterocycles. The van der Waals surface area contributed by atoms with Crippen molar-refractivity contribution in [2.24, 2.45) is 0 Å². The molecular weight excluding hydrogens is 635 g/mol. The molecule has 52 heavy (non-hydrogen) atoms. The zero-order chi connectivity index (χ0) is 34.2. The van der Waals surface area contributed by atoms with Gasteiger partial charge >= 0.3 is 0 Å². The van der Waals surface area contributed by atoms with E-state index in [-0.39, 0.29) is 0 Å². The number of aromatic nitrogens is 1. The average molecular weight is 666 g/mol. The summed E-state index contributed by atoms with van der Waals surface area (Å²) < 4.78 is 16.1. The topological polar surface area (TPSA) is 23.4 Å². The molecule has 0 amide bonds. The smallest absolute Gasteiger partial charge is 0.156 e. The van der Waals surface area contributed by atoms with E-state index in [4.69, 9.17) is 9.47 Å². The Balaban J connectivity index is 1.24. The third kappa shape index (κ3) is 4.02. The maximum atomic E-state index is 7.11. The van der Waals surface area contributed by atoms with Gasteiger partial charge in [-0.2, -0.15) is 0 Å². The molecule has 244 valence electrons. The van der Waals surface area contributed by atoms with E-state index in [9.17, 15) is 0 Å². The molecule has 3 heteroatoms. The molecule has 0 atom stereocenters. The predicted molar refractivity (Wildman–Crippen MR) is 210 cm³/mol. The molecule has 0 unspecified atom stereocenters. The number of nitrogens with zero attached hydrogens (tertiary/aromatic N) is 1. The summed E-state index contributed by atoms with van der Waals surface area (Å²) >= 11 is 0. The van der Waals surface area contributed by atoms with Crippen LogP contribution < -0.4 is 9.47 Å². The Kier molecular flexibility index (Phi) is 6.17. The van der Waals surface area contributed by atoms with E-state index in [0.29, 0.717) is 0 Å². The third-order valence-corrected chi connectivity index (χ3v) is 10.9. The zero-order valence-electron chi connectivity index (χ0n) is 28.2. The highest BCUT2D eigenvalue weighted by Gasteiger charge is 2.51. The van der Waals surface area contributed by atoms with E-state index in [0.717, 1.165) is 62.0 Å². The van der Waals surface area contributed by atoms with Crippen LogP contribution in [0.4, 0.5) is 0 Å². The van der Waals surface area contributed by atoms with Crippen LogP contribution in [-0.4, -0.2) is 4.57 Å². The van der Waals surface area contributed by atoms with Crippen LogP contribution in [-0.2, 0) is 5.41 Å². The molecule has 1 aromatic heterocycles. The first-order valence-corrected chi connectivity index (χ1v) is 17.8. The number of benzene rings is 8. The first-order chi connectivity index (χ1) is 25.8. The molecule has 3 heterocycles. The normalized spacial score (nSPS) is 13.5. The highest BCUT2D eigenvalue weighted by Crippen LogP contribution is 2.62. The van der Waals surface area contributed by atoms with Crippen molar-refractivity contribution in [3.05, 3.63) is 210 Å². The van der Waals surface area contributed by atoms with Crippen LogP contribution in [0.15, 0.2) is 188 Å². The Morgan fingerprint density at radius 3 is 1.31 bits per heavy atom. The summed E-state index contributed by atoms with van der Waals surface area (Å²) in [4.78, 5) is 0. The molecule has 0 fully saturated rings. The summed E-state index contributed by atoms with van der Waals surface area (Å²) in [7, 11) is 0. The van der Waals surface area contributed by atoms with Gasteiger partial charge in [0.25, 0.3) is 0 Å². The average Bonchev–Trinajstić information content (AvgIpc) is 3.54. The van der Waals surface area contributed by atoms with E-state index in [1.54, 1.807) is 0 Å². The van der Waals surface area contributed by atoms with Crippen LogP contribution in [0.2, 0.25) is 0 Å². The van der Waals surface area contributed by atoms with E-state index in [1.807, 2.05) is 0 Å². The molecule has 0 radical (unpaired) electrons. The number of fused-ring (bicyclic) bond motifs is 11. The lowest BCUT2D eigenvalue weighted by Crippen LogP contribution is -2.37. The minimum Gasteiger partial charge on any atom is -0.457 e. The second-order valence-corrected chi connectivity index (χ2v) is 13.6. The third-order valence-electron chi connectivity index (χ3n) is 10.9. The fourth-order valence-corrected chi connectivity index (χ4v) is 8.70. The van der Waals surface area contributed by atoms with Gasteiger partial charge in [0.1, 0.15) is 17.2 Å². The van der Waals surface area contributed by atoms with Gasteiger partial charge in [0.15, 0.2) is 5.75 Å². The van der Waals surface area contributed by atoms with Crippen molar-refractivity contribution >= 4 is 21.8 Å². The fraction of sp³-hybridized carbons (Fsp3) is 0.0204. The Bertz CT molecular complexity index is 2690. The van der Waals surface area contributed by atoms with Crippen LogP contribution in [0, 0.1) is 0 Å². The van der Waals surface area contributed by atoms with Crippen molar-refractivity contribution in [1.29, 1.82) is 0 Å². The maximum Gasteiger partial charge on any atom is 0.156 e. The molecule has 1 spiro atoms. The first kappa shape index (κ1) is 28.9. The summed E-state index contributed by atoms with van der Waals surface area (Å²) in [5.41, 5.74) is 11.7. The SMILES string of the molecule is c1ccc(-c2ccc3c(c2)c2cc(-c4ccccc4)ccc2n3-c2cccc3c2Oc2ccccc2C32c3ccccc3Oc3ccccc32)cc1. The standard InChI is InChI=1S/C49H31NO2/c1-3-14-32(15-4-1)34-26-28-42-36(30-34)37-31-35(33-16-5-2-6-17-33)27-29-43(37)50(42)44-22-13-21-41-48(44)52-47-25-12-9-20-40(47)49(41)38-18-7-10-23-45(38)51-46-24-11-8-19-39(46)49/h1-31H. The van der Waals surface area contributed by atoms with E-state index < -0.39 is 5.41 Å². The van der Waals surface area contributed by atoms with E-state index in [1.165, 1.54) is 33.0 Å². The Morgan fingerprint density at radius 1 is 0.346 bits per heavy atom. The second kappa shape index (κ2) is 11.1. The monoisotopic (exact) mass is 665 g/mol. The largest absolute Gasteiger partial charge is 0.457 e. The Morgan fingerprint density at radius 2 is 0.788 bits per heavy atom. The van der Waals surface area contributed by atoms with E-state index in [2.05, 4.69) is 193 Å². The van der Waals surface area contributed by atoms with Crippen molar-refractivity contribution in [3.63, 3.8) is 0 Å². The highest BCUT2D eigenvalue weighted by atomic mass is 16.5. The second-order valence-electron chi connectivity index (χ2n) is 13.6. The van der Waals surface area contributed by atoms with E-state index >= 15 is 0 Å². The summed E-state index contributed by atoms with van der Waals surface area (Å²) in [6.07, 6.45) is 0. The minimum absolute atomic E-state index is 0.661. The van der Waals surface area contributed by atoms with Crippen molar-refractivity contribution in [1.82, 2.24) is 4.57 Å². The molecule has 0 saturated carbocycles. The van der Waals surface area contributed by atoms with Crippen LogP contribution in [0.3, 0.4) is 0 Å². The zero-order valence-corrected chi connectivity index (χ0v) is 28.2. The lowest BCUT2D eigenvalue weighted by Gasteiger charge is -2.45. The summed E-state index contributed by atoms with van der Waals surface area (Å²) in [5.74, 6) is 3.39. The van der Waals surface area contributed by atoms with Crippen LogP contribution in [0.1, 0.15) is 22.3 Å². The van der Waals surface area contributed by atoms with Crippen LogP contribution in [0.5, 0.6) is 23.0 Å². The molecule has 3 nitrogen and oxygen atoms in total. The molecule has 11 rings (SSSR count). The molecule has 0 bridgehead atoms. The summed E-state index contributed by atoms with van der Waals surface area (Å²) in [6.45, 7) is 0. The Hall–Kier alpha value is -6.84. The van der Waals surface area contributed by atoms with Gasteiger partial charge in [0, 0.05) is 33.0 Å². The van der Waals surface area contributed by atoms with Gasteiger partial charge in [0.05, 0.1) is 22.1 Å². The number of rotatable bonds is 3. The molecule has 2 aliphatic rings.